The third-order valence-corrected chi connectivity index (χ3v) is 1.27. The van der Waals surface area contributed by atoms with Crippen molar-refractivity contribution >= 4 is 5.97 Å². The molecule has 0 aromatic carbocycles. The van der Waals surface area contributed by atoms with Crippen LogP contribution in [0.25, 0.3) is 0 Å². The van der Waals surface area contributed by atoms with E-state index in [1.807, 2.05) is 6.92 Å². The van der Waals surface area contributed by atoms with Crippen LogP contribution in [0.15, 0.2) is 12.2 Å². The molecular weight excluding hydrogens is 104 g/mol. The lowest BCUT2D eigenvalue weighted by Gasteiger charge is -2.24. The van der Waals surface area contributed by atoms with Gasteiger partial charge in [-0.25, -0.2) is 0 Å². The Labute approximate surface area is 48.1 Å². The van der Waals surface area contributed by atoms with Crippen molar-refractivity contribution in [3.63, 3.8) is 0 Å². The summed E-state index contributed by atoms with van der Waals surface area (Å²) >= 11 is 0. The Morgan fingerprint density at radius 2 is 2.62 bits per heavy atom. The average Bonchev–Trinajstić information content (AvgIpc) is 1.61. The second kappa shape index (κ2) is 1.62. The number of rotatable bonds is 1. The first kappa shape index (κ1) is 5.35. The molecule has 0 spiro atoms. The van der Waals surface area contributed by atoms with Gasteiger partial charge in [0.25, 0.3) is 0 Å². The van der Waals surface area contributed by atoms with Crippen LogP contribution >= 0.6 is 0 Å². The van der Waals surface area contributed by atoms with Crippen molar-refractivity contribution < 1.29 is 9.53 Å². The molecule has 1 aliphatic rings. The maximum Gasteiger partial charge on any atom is 0.316 e. The van der Waals surface area contributed by atoms with Crippen LogP contribution in [-0.2, 0) is 9.53 Å². The molecule has 0 saturated carbocycles. The highest BCUT2D eigenvalue weighted by Gasteiger charge is 2.30. The minimum atomic E-state index is -0.127. The number of carbonyl (C=O) groups is 1. The van der Waals surface area contributed by atoms with E-state index in [4.69, 9.17) is 0 Å². The zero-order chi connectivity index (χ0) is 6.15. The van der Waals surface area contributed by atoms with Crippen LogP contribution < -0.4 is 0 Å². The van der Waals surface area contributed by atoms with Gasteiger partial charge in [0.15, 0.2) is 0 Å². The standard InChI is InChI=1S/C6H8O2/c1-4(2)5-3-8-6(5)7/h5H,1,3H2,2H3/t5-/m1/s1. The maximum absolute atomic E-state index is 10.4. The lowest BCUT2D eigenvalue weighted by molar-refractivity contribution is -0.165. The van der Waals surface area contributed by atoms with Crippen LogP contribution in [0.3, 0.4) is 0 Å². The van der Waals surface area contributed by atoms with Crippen molar-refractivity contribution in [2.75, 3.05) is 6.61 Å². The summed E-state index contributed by atoms with van der Waals surface area (Å²) in [6, 6.07) is 0. The highest BCUT2D eigenvalue weighted by atomic mass is 16.6. The maximum atomic E-state index is 10.4. The lowest BCUT2D eigenvalue weighted by Crippen LogP contribution is -2.34. The summed E-state index contributed by atoms with van der Waals surface area (Å²) in [5.74, 6) is -0.132. The number of carbonyl (C=O) groups excluding carboxylic acids is 1. The molecule has 1 fully saturated rings. The molecule has 0 aromatic rings. The summed E-state index contributed by atoms with van der Waals surface area (Å²) < 4.78 is 4.50. The number of ether oxygens (including phenoxy) is 1. The first-order valence-corrected chi connectivity index (χ1v) is 2.54. The number of cyclic esters (lactones) is 1. The Bertz CT molecular complexity index is 129. The zero-order valence-electron chi connectivity index (χ0n) is 4.81. The van der Waals surface area contributed by atoms with Gasteiger partial charge in [-0.3, -0.25) is 4.79 Å². The summed E-state index contributed by atoms with van der Waals surface area (Å²) in [4.78, 5) is 10.4. The van der Waals surface area contributed by atoms with Gasteiger partial charge in [0, 0.05) is 0 Å². The van der Waals surface area contributed by atoms with Crippen LogP contribution in [0.2, 0.25) is 0 Å². The Balaban J connectivity index is 2.49. The van der Waals surface area contributed by atoms with Gasteiger partial charge in [0.2, 0.25) is 0 Å². The van der Waals surface area contributed by atoms with Gasteiger partial charge in [0.05, 0.1) is 0 Å². The van der Waals surface area contributed by atoms with Gasteiger partial charge in [-0.1, -0.05) is 12.2 Å². The minimum absolute atomic E-state index is 0.00463. The van der Waals surface area contributed by atoms with Gasteiger partial charge >= 0.3 is 5.97 Å². The molecule has 1 heterocycles. The second-order valence-electron chi connectivity index (χ2n) is 2.03. The lowest BCUT2D eigenvalue weighted by atomic mass is 10.0. The van der Waals surface area contributed by atoms with Crippen molar-refractivity contribution in [1.29, 1.82) is 0 Å². The third kappa shape index (κ3) is 0.619. The highest BCUT2D eigenvalue weighted by Crippen LogP contribution is 2.18. The van der Waals surface area contributed by atoms with Gasteiger partial charge in [0.1, 0.15) is 12.5 Å². The first-order valence-electron chi connectivity index (χ1n) is 2.54. The minimum Gasteiger partial charge on any atom is -0.464 e. The summed E-state index contributed by atoms with van der Waals surface area (Å²) in [7, 11) is 0. The molecule has 44 valence electrons. The van der Waals surface area contributed by atoms with Crippen LogP contribution in [0.4, 0.5) is 0 Å². The van der Waals surface area contributed by atoms with Gasteiger partial charge in [-0.2, -0.15) is 0 Å². The third-order valence-electron chi connectivity index (χ3n) is 1.27. The Kier molecular flexibility index (Phi) is 1.08. The van der Waals surface area contributed by atoms with Crippen LogP contribution in [0.5, 0.6) is 0 Å². The van der Waals surface area contributed by atoms with E-state index in [1.54, 1.807) is 0 Å². The van der Waals surface area contributed by atoms with E-state index in [0.717, 1.165) is 5.57 Å². The predicted molar refractivity (Wildman–Crippen MR) is 29.3 cm³/mol. The molecule has 0 radical (unpaired) electrons. The highest BCUT2D eigenvalue weighted by molar-refractivity contribution is 5.80. The predicted octanol–water partition coefficient (Wildman–Crippen LogP) is 0.736. The summed E-state index contributed by atoms with van der Waals surface area (Å²) in [5, 5.41) is 0. The molecule has 0 bridgehead atoms. The largest absolute Gasteiger partial charge is 0.464 e. The Morgan fingerprint density at radius 1 is 2.00 bits per heavy atom. The molecule has 0 aliphatic carbocycles. The van der Waals surface area contributed by atoms with Crippen molar-refractivity contribution in [2.45, 2.75) is 6.92 Å². The smallest absolute Gasteiger partial charge is 0.316 e. The summed E-state index contributed by atoms with van der Waals surface area (Å²) in [6.07, 6.45) is 0. The molecule has 0 unspecified atom stereocenters. The fourth-order valence-electron chi connectivity index (χ4n) is 0.578. The second-order valence-corrected chi connectivity index (χ2v) is 2.03. The number of hydrogen-bond donors (Lipinski definition) is 0. The normalized spacial score (nSPS) is 26.1. The van der Waals surface area contributed by atoms with Crippen LogP contribution in [0, 0.1) is 5.92 Å². The van der Waals surface area contributed by atoms with E-state index in [0.29, 0.717) is 6.61 Å². The molecule has 8 heavy (non-hydrogen) atoms. The molecule has 1 aliphatic heterocycles. The first-order chi connectivity index (χ1) is 3.72. The topological polar surface area (TPSA) is 26.3 Å². The van der Waals surface area contributed by atoms with E-state index in [1.165, 1.54) is 0 Å². The molecule has 1 saturated heterocycles. The molecule has 1 atom stereocenters. The number of hydrogen-bond acceptors (Lipinski definition) is 2. The van der Waals surface area contributed by atoms with E-state index in [-0.39, 0.29) is 11.9 Å². The monoisotopic (exact) mass is 112 g/mol. The quantitative estimate of drug-likeness (QED) is 0.369. The Morgan fingerprint density at radius 3 is 2.62 bits per heavy atom. The zero-order valence-corrected chi connectivity index (χ0v) is 4.81. The fourth-order valence-corrected chi connectivity index (χ4v) is 0.578. The SMILES string of the molecule is C=C(C)[C@H]1COC1=O. The molecule has 0 amide bonds. The summed E-state index contributed by atoms with van der Waals surface area (Å²) in [6.45, 7) is 6.00. The van der Waals surface area contributed by atoms with Gasteiger partial charge < -0.3 is 4.74 Å². The van der Waals surface area contributed by atoms with Crippen molar-refractivity contribution in [1.82, 2.24) is 0 Å². The van der Waals surface area contributed by atoms with E-state index >= 15 is 0 Å². The van der Waals surface area contributed by atoms with Gasteiger partial charge in [-0.15, -0.1) is 0 Å². The van der Waals surface area contributed by atoms with Crippen molar-refractivity contribution in [3.8, 4) is 0 Å². The van der Waals surface area contributed by atoms with Crippen molar-refractivity contribution in [3.05, 3.63) is 12.2 Å². The molecule has 0 N–H and O–H groups in total. The van der Waals surface area contributed by atoms with Gasteiger partial charge in [-0.05, 0) is 6.92 Å². The van der Waals surface area contributed by atoms with E-state index < -0.39 is 0 Å². The molecule has 0 aromatic heterocycles. The average molecular weight is 112 g/mol. The molecule has 2 nitrogen and oxygen atoms in total. The summed E-state index contributed by atoms with van der Waals surface area (Å²) in [5.41, 5.74) is 0.904. The van der Waals surface area contributed by atoms with E-state index in [2.05, 4.69) is 11.3 Å². The molecule has 2 heteroatoms. The molecule has 1 rings (SSSR count). The fraction of sp³-hybridized carbons (Fsp3) is 0.500. The van der Waals surface area contributed by atoms with Crippen LogP contribution in [-0.4, -0.2) is 12.6 Å². The Hall–Kier alpha value is -0.790. The molecular formula is C6H8O2. The van der Waals surface area contributed by atoms with Crippen LogP contribution in [0.1, 0.15) is 6.92 Å². The van der Waals surface area contributed by atoms with E-state index in [9.17, 15) is 4.79 Å². The number of esters is 1. The van der Waals surface area contributed by atoms with Crippen molar-refractivity contribution in [2.24, 2.45) is 5.92 Å².